The summed E-state index contributed by atoms with van der Waals surface area (Å²) in [6.07, 6.45) is 1.39. The molecule has 0 atom stereocenters. The Bertz CT molecular complexity index is 711. The highest BCUT2D eigenvalue weighted by Gasteiger charge is 2.20. The molecular weight excluding hydrogens is 336 g/mol. The summed E-state index contributed by atoms with van der Waals surface area (Å²) in [5.74, 6) is -0.548. The van der Waals surface area contributed by atoms with Gasteiger partial charge < -0.3 is 10.1 Å². The molecule has 1 N–H and O–H groups in total. The van der Waals surface area contributed by atoms with Gasteiger partial charge in [-0.25, -0.2) is 9.78 Å². The van der Waals surface area contributed by atoms with Gasteiger partial charge in [0.15, 0.2) is 0 Å². The second kappa shape index (κ2) is 7.57. The van der Waals surface area contributed by atoms with Gasteiger partial charge in [-0.15, -0.1) is 11.3 Å². The van der Waals surface area contributed by atoms with Crippen LogP contribution in [0.15, 0.2) is 24.4 Å². The number of ether oxygens (including phenoxy) is 1. The molecule has 0 unspecified atom stereocenters. The van der Waals surface area contributed by atoms with Crippen molar-refractivity contribution in [3.63, 3.8) is 0 Å². The molecule has 2 rings (SSSR count). The Hall–Kier alpha value is -1.92. The molecule has 0 bridgehead atoms. The van der Waals surface area contributed by atoms with Crippen LogP contribution >= 0.6 is 22.9 Å². The predicted octanol–water partition coefficient (Wildman–Crippen LogP) is 4.35. The van der Waals surface area contributed by atoms with E-state index in [0.717, 1.165) is 4.88 Å². The number of pyridine rings is 1. The number of amides is 1. The van der Waals surface area contributed by atoms with Gasteiger partial charge in [0, 0.05) is 11.1 Å². The Morgan fingerprint density at radius 3 is 2.70 bits per heavy atom. The summed E-state index contributed by atoms with van der Waals surface area (Å²) in [6, 6.07) is 4.88. The number of hydrogen-bond donors (Lipinski definition) is 1. The van der Waals surface area contributed by atoms with Crippen molar-refractivity contribution in [3.05, 3.63) is 45.6 Å². The topological polar surface area (TPSA) is 68.3 Å². The molecular formula is C16H17ClN2O3S. The van der Waals surface area contributed by atoms with Gasteiger partial charge in [0.1, 0.15) is 10.2 Å². The molecule has 0 aliphatic rings. The molecule has 0 aliphatic carbocycles. The third kappa shape index (κ3) is 4.30. The third-order valence-electron chi connectivity index (χ3n) is 3.03. The van der Waals surface area contributed by atoms with E-state index >= 15 is 0 Å². The van der Waals surface area contributed by atoms with E-state index in [4.69, 9.17) is 16.3 Å². The van der Waals surface area contributed by atoms with E-state index < -0.39 is 5.97 Å². The van der Waals surface area contributed by atoms with Crippen molar-refractivity contribution in [2.45, 2.75) is 26.7 Å². The van der Waals surface area contributed by atoms with Crippen LogP contribution in [0.5, 0.6) is 0 Å². The van der Waals surface area contributed by atoms with Gasteiger partial charge in [0.05, 0.1) is 17.7 Å². The highest BCUT2D eigenvalue weighted by molar-refractivity contribution is 7.16. The van der Waals surface area contributed by atoms with Crippen molar-refractivity contribution in [1.82, 2.24) is 4.98 Å². The maximum Gasteiger partial charge on any atom is 0.341 e. The second-order valence-electron chi connectivity index (χ2n) is 5.09. The average Bonchev–Trinajstić information content (AvgIpc) is 2.92. The Morgan fingerprint density at radius 1 is 1.39 bits per heavy atom. The van der Waals surface area contributed by atoms with Gasteiger partial charge in [-0.05, 0) is 31.0 Å². The predicted molar refractivity (Wildman–Crippen MR) is 91.6 cm³/mol. The first-order valence-electron chi connectivity index (χ1n) is 7.16. The van der Waals surface area contributed by atoms with Crippen LogP contribution in [-0.2, 0) is 4.74 Å². The molecule has 7 heteroatoms. The van der Waals surface area contributed by atoms with E-state index in [0.29, 0.717) is 21.3 Å². The minimum absolute atomic E-state index is 0.246. The quantitative estimate of drug-likeness (QED) is 0.641. The summed E-state index contributed by atoms with van der Waals surface area (Å²) in [7, 11) is 0. The first-order chi connectivity index (χ1) is 10.9. The lowest BCUT2D eigenvalue weighted by Crippen LogP contribution is -2.14. The maximum atomic E-state index is 12.3. The van der Waals surface area contributed by atoms with Crippen LogP contribution in [0.2, 0.25) is 5.15 Å². The number of carbonyl (C=O) groups is 2. The molecule has 0 fully saturated rings. The van der Waals surface area contributed by atoms with Gasteiger partial charge in [-0.2, -0.15) is 0 Å². The Balaban J connectivity index is 2.28. The van der Waals surface area contributed by atoms with Gasteiger partial charge >= 0.3 is 5.97 Å². The lowest BCUT2D eigenvalue weighted by Gasteiger charge is -2.06. The maximum absolute atomic E-state index is 12.3. The standard InChI is InChI=1S/C16H17ClN2O3S/c1-4-22-16(21)11-7-12(9(2)3)23-15(11)19-14(20)10-5-6-13(17)18-8-10/h5-9H,4H2,1-3H3,(H,19,20). The zero-order valence-electron chi connectivity index (χ0n) is 13.1. The summed E-state index contributed by atoms with van der Waals surface area (Å²) in [4.78, 5) is 29.2. The van der Waals surface area contributed by atoms with Gasteiger partial charge in [0.25, 0.3) is 5.91 Å². The molecule has 0 saturated carbocycles. The normalized spacial score (nSPS) is 10.7. The highest BCUT2D eigenvalue weighted by atomic mass is 35.5. The minimum atomic E-state index is -0.444. The fourth-order valence-electron chi connectivity index (χ4n) is 1.83. The number of nitrogens with one attached hydrogen (secondary N) is 1. The van der Waals surface area contributed by atoms with Crippen LogP contribution in [0.1, 0.15) is 52.3 Å². The van der Waals surface area contributed by atoms with Crippen molar-refractivity contribution in [1.29, 1.82) is 0 Å². The zero-order valence-corrected chi connectivity index (χ0v) is 14.6. The largest absolute Gasteiger partial charge is 0.462 e. The first kappa shape index (κ1) is 17.4. The fraction of sp³-hybridized carbons (Fsp3) is 0.312. The molecule has 0 aromatic carbocycles. The number of hydrogen-bond acceptors (Lipinski definition) is 5. The van der Waals surface area contributed by atoms with Crippen molar-refractivity contribution in [2.24, 2.45) is 0 Å². The van der Waals surface area contributed by atoms with Gasteiger partial charge in [-0.1, -0.05) is 25.4 Å². The minimum Gasteiger partial charge on any atom is -0.462 e. The molecule has 122 valence electrons. The van der Waals surface area contributed by atoms with Crippen LogP contribution in [0.3, 0.4) is 0 Å². The first-order valence-corrected chi connectivity index (χ1v) is 8.35. The molecule has 2 aromatic heterocycles. The molecule has 2 heterocycles. The molecule has 5 nitrogen and oxygen atoms in total. The number of anilines is 1. The van der Waals surface area contributed by atoms with Crippen molar-refractivity contribution in [3.8, 4) is 0 Å². The number of esters is 1. The number of thiophene rings is 1. The molecule has 0 saturated heterocycles. The Kier molecular flexibility index (Phi) is 5.74. The summed E-state index contributed by atoms with van der Waals surface area (Å²) in [6.45, 7) is 6.07. The van der Waals surface area contributed by atoms with Crippen molar-refractivity contribution in [2.75, 3.05) is 11.9 Å². The number of halogens is 1. The van der Waals surface area contributed by atoms with E-state index in [1.165, 1.54) is 23.6 Å². The number of aromatic nitrogens is 1. The van der Waals surface area contributed by atoms with Crippen LogP contribution < -0.4 is 5.32 Å². The Labute approximate surface area is 143 Å². The monoisotopic (exact) mass is 352 g/mol. The average molecular weight is 353 g/mol. The molecule has 2 aromatic rings. The molecule has 0 radical (unpaired) electrons. The van der Waals surface area contributed by atoms with Crippen molar-refractivity contribution >= 4 is 39.8 Å². The smallest absolute Gasteiger partial charge is 0.341 e. The number of nitrogens with zero attached hydrogens (tertiary/aromatic N) is 1. The van der Waals surface area contributed by atoms with Crippen LogP contribution in [0.25, 0.3) is 0 Å². The zero-order chi connectivity index (χ0) is 17.0. The summed E-state index contributed by atoms with van der Waals surface area (Å²) in [5, 5.41) is 3.55. The van der Waals surface area contributed by atoms with Gasteiger partial charge in [-0.3, -0.25) is 4.79 Å². The SMILES string of the molecule is CCOC(=O)c1cc(C(C)C)sc1NC(=O)c1ccc(Cl)nc1. The third-order valence-corrected chi connectivity index (χ3v) is 4.61. The Morgan fingerprint density at radius 2 is 2.13 bits per heavy atom. The molecule has 0 spiro atoms. The van der Waals surface area contributed by atoms with Crippen molar-refractivity contribution < 1.29 is 14.3 Å². The summed E-state index contributed by atoms with van der Waals surface area (Å²) < 4.78 is 5.05. The summed E-state index contributed by atoms with van der Waals surface area (Å²) >= 11 is 7.08. The van der Waals surface area contributed by atoms with Crippen LogP contribution in [0, 0.1) is 0 Å². The van der Waals surface area contributed by atoms with E-state index in [-0.39, 0.29) is 18.4 Å². The molecule has 23 heavy (non-hydrogen) atoms. The number of rotatable bonds is 5. The molecule has 0 aliphatic heterocycles. The van der Waals surface area contributed by atoms with Crippen LogP contribution in [0.4, 0.5) is 5.00 Å². The lowest BCUT2D eigenvalue weighted by atomic mass is 10.1. The van der Waals surface area contributed by atoms with E-state index in [2.05, 4.69) is 10.3 Å². The highest BCUT2D eigenvalue weighted by Crippen LogP contribution is 2.33. The lowest BCUT2D eigenvalue weighted by molar-refractivity contribution is 0.0528. The fourth-order valence-corrected chi connectivity index (χ4v) is 2.99. The molecule has 1 amide bonds. The van der Waals surface area contributed by atoms with Gasteiger partial charge in [0.2, 0.25) is 0 Å². The van der Waals surface area contributed by atoms with E-state index in [1.807, 2.05) is 13.8 Å². The van der Waals surface area contributed by atoms with E-state index in [1.54, 1.807) is 19.1 Å². The van der Waals surface area contributed by atoms with Crippen LogP contribution in [-0.4, -0.2) is 23.5 Å². The second-order valence-corrected chi connectivity index (χ2v) is 6.56. The number of carbonyl (C=O) groups excluding carboxylic acids is 2. The summed E-state index contributed by atoms with van der Waals surface area (Å²) in [5.41, 5.74) is 0.736. The van der Waals surface area contributed by atoms with E-state index in [9.17, 15) is 9.59 Å².